The van der Waals surface area contributed by atoms with Crippen LogP contribution in [-0.2, 0) is 28.5 Å². The van der Waals surface area contributed by atoms with Crippen LogP contribution >= 0.6 is 11.3 Å². The lowest BCUT2D eigenvalue weighted by molar-refractivity contribution is -0.152. The summed E-state index contributed by atoms with van der Waals surface area (Å²) < 4.78 is 22.1. The third kappa shape index (κ3) is 22.4. The van der Waals surface area contributed by atoms with Gasteiger partial charge in [-0.2, -0.15) is 10.5 Å². The number of rotatable bonds is 36. The number of carboxylic acids is 1. The number of unbranched alkanes of at least 4 members (excludes halogenated alkanes) is 13. The summed E-state index contributed by atoms with van der Waals surface area (Å²) in [5.41, 5.74) is 3.32. The Morgan fingerprint density at radius 3 is 1.97 bits per heavy atom. The van der Waals surface area contributed by atoms with Crippen LogP contribution in [0.15, 0.2) is 40.6 Å². The van der Waals surface area contributed by atoms with E-state index in [-0.39, 0.29) is 39.3 Å². The number of carbonyl (C=O) groups excluding carboxylic acids is 1. The number of benzene rings is 1. The molecule has 2 N–H and O–H groups in total. The van der Waals surface area contributed by atoms with E-state index in [0.29, 0.717) is 66.2 Å². The number of allylic oxidation sites excluding steroid dienone is 2. The highest BCUT2D eigenvalue weighted by atomic mass is 32.1. The van der Waals surface area contributed by atoms with Gasteiger partial charge in [-0.15, -0.1) is 21.6 Å². The van der Waals surface area contributed by atoms with E-state index in [4.69, 9.17) is 24.1 Å². The van der Waals surface area contributed by atoms with E-state index in [1.54, 1.807) is 6.92 Å². The Morgan fingerprint density at radius 2 is 1.40 bits per heavy atom. The molecule has 0 bridgehead atoms. The Hall–Kier alpha value is -4.18. The quantitative estimate of drug-likeness (QED) is 0.0287. The highest BCUT2D eigenvalue weighted by Gasteiger charge is 2.21. The highest BCUT2D eigenvalue weighted by molar-refractivity contribution is 7.16. The van der Waals surface area contributed by atoms with E-state index in [0.717, 1.165) is 35.4 Å². The average Bonchev–Trinajstić information content (AvgIpc) is 3.56. The van der Waals surface area contributed by atoms with Crippen molar-refractivity contribution >= 4 is 39.7 Å². The molecule has 60 heavy (non-hydrogen) atoms. The van der Waals surface area contributed by atoms with Crippen molar-refractivity contribution in [2.45, 2.75) is 124 Å². The molecule has 1 aromatic carbocycles. The van der Waals surface area contributed by atoms with Gasteiger partial charge in [0.15, 0.2) is 5.00 Å². The van der Waals surface area contributed by atoms with Gasteiger partial charge in [0.25, 0.3) is 0 Å². The van der Waals surface area contributed by atoms with Gasteiger partial charge >= 0.3 is 11.9 Å². The summed E-state index contributed by atoms with van der Waals surface area (Å²) in [6.07, 6.45) is 21.9. The minimum absolute atomic E-state index is 0.0168. The first-order chi connectivity index (χ1) is 29.2. The van der Waals surface area contributed by atoms with E-state index in [2.05, 4.69) is 34.2 Å². The molecule has 0 spiro atoms. The number of aliphatic carboxylic acids is 1. The third-order valence-electron chi connectivity index (χ3n) is 10.1. The number of anilines is 1. The minimum Gasteiger partial charge on any atom is -0.481 e. The third-order valence-corrected chi connectivity index (χ3v) is 11.1. The van der Waals surface area contributed by atoms with E-state index in [1.165, 1.54) is 77.0 Å². The van der Waals surface area contributed by atoms with Gasteiger partial charge in [-0.05, 0) is 62.4 Å². The Morgan fingerprint density at radius 1 is 0.800 bits per heavy atom. The standard InChI is InChI=1S/C46H69N5O8S/c1-4-5-6-7-8-9-10-11-12-13-14-15-16-17-18-19-20-39(46(54)55)34-44(53)59-32-31-57-27-24-51(23-26-56-29-30-58-28-25-52)40-21-22-42(37(2)33-40)49-50-45-41(35-47)38(3)43(36-48)60-45/h18-19,21-22,33,39,52H,4-17,20,23-32,34H2,1-3H3,(H,54,55)/b19-18+,50-49?. The Balaban J connectivity index is 1.75. The normalized spacial score (nSPS) is 11.9. The van der Waals surface area contributed by atoms with Crippen molar-refractivity contribution in [3.05, 3.63) is 51.9 Å². The summed E-state index contributed by atoms with van der Waals surface area (Å²) in [7, 11) is 0. The molecule has 1 unspecified atom stereocenters. The predicted octanol–water partition coefficient (Wildman–Crippen LogP) is 10.4. The molecule has 1 atom stereocenters. The van der Waals surface area contributed by atoms with Crippen molar-refractivity contribution < 1.29 is 38.7 Å². The molecule has 332 valence electrons. The van der Waals surface area contributed by atoms with Crippen molar-refractivity contribution in [3.63, 3.8) is 0 Å². The lowest BCUT2D eigenvalue weighted by Gasteiger charge is -2.25. The van der Waals surface area contributed by atoms with Crippen LogP contribution in [0.5, 0.6) is 0 Å². The maximum atomic E-state index is 12.5. The first-order valence-corrected chi connectivity index (χ1v) is 22.7. The second kappa shape index (κ2) is 33.5. The van der Waals surface area contributed by atoms with Crippen LogP contribution in [-0.4, -0.2) is 88.1 Å². The number of carboxylic acid groups (broad SMARTS) is 1. The van der Waals surface area contributed by atoms with Crippen molar-refractivity contribution in [1.82, 2.24) is 0 Å². The number of azo groups is 1. The Kier molecular flexibility index (Phi) is 29.0. The van der Waals surface area contributed by atoms with E-state index >= 15 is 0 Å². The zero-order valence-corrected chi connectivity index (χ0v) is 37.2. The maximum Gasteiger partial charge on any atom is 0.307 e. The molecule has 0 aliphatic carbocycles. The summed E-state index contributed by atoms with van der Waals surface area (Å²) in [5.74, 6) is -2.41. The van der Waals surface area contributed by atoms with Gasteiger partial charge in [-0.25, -0.2) is 0 Å². The number of aliphatic hydroxyl groups excluding tert-OH is 1. The smallest absolute Gasteiger partial charge is 0.307 e. The van der Waals surface area contributed by atoms with Gasteiger partial charge in [-0.3, -0.25) is 9.59 Å². The fraction of sp³-hybridized carbons (Fsp3) is 0.652. The molecule has 0 fully saturated rings. The van der Waals surface area contributed by atoms with E-state index in [1.807, 2.05) is 37.3 Å². The largest absolute Gasteiger partial charge is 0.481 e. The molecule has 14 heteroatoms. The van der Waals surface area contributed by atoms with Crippen LogP contribution in [0.25, 0.3) is 0 Å². The number of ether oxygens (including phenoxy) is 4. The summed E-state index contributed by atoms with van der Waals surface area (Å²) in [6.45, 7) is 8.82. The van der Waals surface area contributed by atoms with E-state index in [9.17, 15) is 25.2 Å². The molecular weight excluding hydrogens is 783 g/mol. The molecule has 0 saturated carbocycles. The first-order valence-electron chi connectivity index (χ1n) is 21.8. The molecule has 2 aromatic rings. The van der Waals surface area contributed by atoms with Gasteiger partial charge in [0.1, 0.15) is 23.6 Å². The number of hydrogen-bond donors (Lipinski definition) is 2. The second-order valence-electron chi connectivity index (χ2n) is 14.9. The molecular formula is C46H69N5O8S. The lowest BCUT2D eigenvalue weighted by Crippen LogP contribution is -2.31. The van der Waals surface area contributed by atoms with Crippen molar-refractivity contribution in [3.8, 4) is 12.1 Å². The monoisotopic (exact) mass is 851 g/mol. The Labute approximate surface area is 362 Å². The number of esters is 1. The summed E-state index contributed by atoms with van der Waals surface area (Å²) in [5, 5.41) is 46.5. The van der Waals surface area contributed by atoms with Crippen LogP contribution in [0.2, 0.25) is 0 Å². The summed E-state index contributed by atoms with van der Waals surface area (Å²) in [6, 6.07) is 9.93. The molecule has 0 radical (unpaired) electrons. The van der Waals surface area contributed by atoms with Crippen LogP contribution in [0, 0.1) is 42.4 Å². The topological polar surface area (TPSA) is 187 Å². The van der Waals surface area contributed by atoms with Gasteiger partial charge in [0, 0.05) is 18.8 Å². The van der Waals surface area contributed by atoms with Crippen LogP contribution < -0.4 is 4.90 Å². The average molecular weight is 852 g/mol. The molecule has 0 aliphatic rings. The fourth-order valence-electron chi connectivity index (χ4n) is 6.47. The number of nitriles is 2. The highest BCUT2D eigenvalue weighted by Crippen LogP contribution is 2.36. The zero-order valence-electron chi connectivity index (χ0n) is 36.3. The number of thiophene rings is 1. The summed E-state index contributed by atoms with van der Waals surface area (Å²) in [4.78, 5) is 26.8. The molecule has 1 heterocycles. The predicted molar refractivity (Wildman–Crippen MR) is 236 cm³/mol. The molecule has 0 saturated heterocycles. The summed E-state index contributed by atoms with van der Waals surface area (Å²) >= 11 is 1.13. The zero-order chi connectivity index (χ0) is 43.6. The minimum atomic E-state index is -1.01. The van der Waals surface area contributed by atoms with Crippen molar-refractivity contribution in [2.75, 3.05) is 70.8 Å². The molecule has 1 aromatic heterocycles. The molecule has 0 amide bonds. The van der Waals surface area contributed by atoms with Crippen molar-refractivity contribution in [2.24, 2.45) is 16.1 Å². The number of hydrogen-bond acceptors (Lipinski definition) is 13. The van der Waals surface area contributed by atoms with Gasteiger partial charge in [0.05, 0.1) is 69.8 Å². The maximum absolute atomic E-state index is 12.5. The van der Waals surface area contributed by atoms with Gasteiger partial charge in [0.2, 0.25) is 0 Å². The molecule has 2 rings (SSSR count). The van der Waals surface area contributed by atoms with Crippen LogP contribution in [0.4, 0.5) is 16.4 Å². The van der Waals surface area contributed by atoms with Crippen LogP contribution in [0.3, 0.4) is 0 Å². The molecule has 0 aliphatic heterocycles. The number of nitrogens with zero attached hydrogens (tertiary/aromatic N) is 5. The second-order valence-corrected chi connectivity index (χ2v) is 15.9. The van der Waals surface area contributed by atoms with Gasteiger partial charge in [-0.1, -0.05) is 96.1 Å². The molecule has 13 nitrogen and oxygen atoms in total. The Bertz CT molecular complexity index is 1650. The van der Waals surface area contributed by atoms with Crippen molar-refractivity contribution in [1.29, 1.82) is 10.5 Å². The fourth-order valence-corrected chi connectivity index (χ4v) is 7.34. The first kappa shape index (κ1) is 52.0. The van der Waals surface area contributed by atoms with E-state index < -0.39 is 17.9 Å². The van der Waals surface area contributed by atoms with Crippen LogP contribution in [0.1, 0.15) is 131 Å². The van der Waals surface area contributed by atoms with Gasteiger partial charge < -0.3 is 34.1 Å². The lowest BCUT2D eigenvalue weighted by atomic mass is 10.0. The number of carbonyl (C=O) groups is 2. The SMILES string of the molecule is CCCCCCCCCCCCCCC/C=C/CC(CC(=O)OCCOCCN(CCOCCOCCO)c1ccc(N=Nc2sc(C#N)c(C)c2C#N)c(C)c1)C(=O)O. The number of aliphatic hydroxyl groups is 1. The number of aryl methyl sites for hydroxylation is 1.